The molecule has 1 atom stereocenters. The third kappa shape index (κ3) is 4.42. The number of anilines is 1. The Balaban J connectivity index is 1.69. The maximum atomic E-state index is 12.5. The first-order valence-corrected chi connectivity index (χ1v) is 8.87. The van der Waals surface area contributed by atoms with Gasteiger partial charge in [-0.3, -0.25) is 4.79 Å². The van der Waals surface area contributed by atoms with E-state index < -0.39 is 5.54 Å². The van der Waals surface area contributed by atoms with Crippen LogP contribution in [0.25, 0.3) is 0 Å². The number of piperidine rings is 1. The van der Waals surface area contributed by atoms with Crippen LogP contribution in [-0.2, 0) is 4.79 Å². The second-order valence-electron chi connectivity index (χ2n) is 6.23. The molecule has 7 heteroatoms. The molecule has 3 rings (SSSR count). The molecule has 0 spiro atoms. The molecule has 1 amide bonds. The molecule has 132 valence electrons. The van der Waals surface area contributed by atoms with E-state index in [1.807, 2.05) is 6.92 Å². The third-order valence-corrected chi connectivity index (χ3v) is 4.74. The van der Waals surface area contributed by atoms with Crippen molar-refractivity contribution in [3.63, 3.8) is 0 Å². The van der Waals surface area contributed by atoms with Gasteiger partial charge in [-0.15, -0.1) is 0 Å². The lowest BCUT2D eigenvalue weighted by atomic mass is 9.90. The van der Waals surface area contributed by atoms with Crippen LogP contribution in [0, 0.1) is 0 Å². The summed E-state index contributed by atoms with van der Waals surface area (Å²) in [6, 6.07) is 8.46. The summed E-state index contributed by atoms with van der Waals surface area (Å²) in [6.07, 6.45) is 4.45. The fraction of sp³-hybridized carbons (Fsp3) is 0.333. The van der Waals surface area contributed by atoms with Crippen LogP contribution in [0.3, 0.4) is 0 Å². The van der Waals surface area contributed by atoms with Crippen molar-refractivity contribution >= 4 is 34.8 Å². The van der Waals surface area contributed by atoms with Crippen molar-refractivity contribution in [2.45, 2.75) is 31.7 Å². The molecule has 0 bridgehead atoms. The standard InChI is InChI=1S/C18H19Cl2N3O2/c1-18(8-2-3-9-22-18)17(24)23-13-5-6-15(14(20)10-13)25-16-7-4-12(19)11-21-16/h4-7,10-11,22H,2-3,8-9H2,1H3,(H,23,24). The minimum Gasteiger partial charge on any atom is -0.437 e. The summed E-state index contributed by atoms with van der Waals surface area (Å²) in [5.41, 5.74) is 0.0765. The van der Waals surface area contributed by atoms with Crippen molar-refractivity contribution in [1.82, 2.24) is 10.3 Å². The van der Waals surface area contributed by atoms with Crippen LogP contribution < -0.4 is 15.4 Å². The van der Waals surface area contributed by atoms with Crippen LogP contribution >= 0.6 is 23.2 Å². The van der Waals surface area contributed by atoms with Gasteiger partial charge in [0, 0.05) is 18.0 Å². The zero-order valence-corrected chi connectivity index (χ0v) is 15.3. The van der Waals surface area contributed by atoms with E-state index >= 15 is 0 Å². The van der Waals surface area contributed by atoms with Gasteiger partial charge in [-0.2, -0.15) is 0 Å². The van der Waals surface area contributed by atoms with Crippen LogP contribution in [0.15, 0.2) is 36.5 Å². The number of pyridine rings is 1. The maximum absolute atomic E-state index is 12.5. The van der Waals surface area contributed by atoms with Gasteiger partial charge in [0.2, 0.25) is 11.8 Å². The number of rotatable bonds is 4. The van der Waals surface area contributed by atoms with Crippen LogP contribution in [0.4, 0.5) is 5.69 Å². The highest BCUT2D eigenvalue weighted by Crippen LogP contribution is 2.31. The number of carbonyl (C=O) groups is 1. The van der Waals surface area contributed by atoms with Crippen LogP contribution in [0.1, 0.15) is 26.2 Å². The third-order valence-electron chi connectivity index (χ3n) is 4.22. The van der Waals surface area contributed by atoms with E-state index in [1.165, 1.54) is 6.20 Å². The fourth-order valence-electron chi connectivity index (χ4n) is 2.72. The Labute approximate surface area is 156 Å². The number of carbonyl (C=O) groups excluding carboxylic acids is 1. The van der Waals surface area contributed by atoms with E-state index in [1.54, 1.807) is 30.3 Å². The highest BCUT2D eigenvalue weighted by molar-refractivity contribution is 6.32. The topological polar surface area (TPSA) is 63.2 Å². The molecule has 0 saturated carbocycles. The molecule has 1 aliphatic heterocycles. The van der Waals surface area contributed by atoms with E-state index in [0.29, 0.717) is 27.4 Å². The molecule has 2 aromatic rings. The Morgan fingerprint density at radius 2 is 2.12 bits per heavy atom. The maximum Gasteiger partial charge on any atom is 0.244 e. The summed E-state index contributed by atoms with van der Waals surface area (Å²) in [6.45, 7) is 2.78. The molecule has 1 unspecified atom stereocenters. The van der Waals surface area contributed by atoms with Gasteiger partial charge in [0.05, 0.1) is 15.6 Å². The molecular weight excluding hydrogens is 361 g/mol. The number of hydrogen-bond donors (Lipinski definition) is 2. The summed E-state index contributed by atoms with van der Waals surface area (Å²) in [4.78, 5) is 16.6. The average molecular weight is 380 g/mol. The predicted molar refractivity (Wildman–Crippen MR) is 99.7 cm³/mol. The lowest BCUT2D eigenvalue weighted by molar-refractivity contribution is -0.122. The molecular formula is C18H19Cl2N3O2. The zero-order valence-electron chi connectivity index (χ0n) is 13.8. The summed E-state index contributed by atoms with van der Waals surface area (Å²) in [5, 5.41) is 7.12. The molecule has 1 aromatic carbocycles. The molecule has 1 fully saturated rings. The molecule has 0 radical (unpaired) electrons. The van der Waals surface area contributed by atoms with E-state index in [9.17, 15) is 4.79 Å². The number of benzene rings is 1. The minimum absolute atomic E-state index is 0.0590. The van der Waals surface area contributed by atoms with Crippen molar-refractivity contribution in [2.24, 2.45) is 0 Å². The lowest BCUT2D eigenvalue weighted by Crippen LogP contribution is -2.54. The highest BCUT2D eigenvalue weighted by atomic mass is 35.5. The van der Waals surface area contributed by atoms with E-state index in [-0.39, 0.29) is 5.91 Å². The second kappa shape index (κ2) is 7.60. The minimum atomic E-state index is -0.548. The average Bonchev–Trinajstić information content (AvgIpc) is 2.60. The first-order chi connectivity index (χ1) is 12.0. The number of halogens is 2. The first kappa shape index (κ1) is 18.0. The lowest BCUT2D eigenvalue weighted by Gasteiger charge is -2.33. The largest absolute Gasteiger partial charge is 0.437 e. The molecule has 25 heavy (non-hydrogen) atoms. The van der Waals surface area contributed by atoms with Gasteiger partial charge in [-0.25, -0.2) is 4.98 Å². The molecule has 0 aliphatic carbocycles. The fourth-order valence-corrected chi connectivity index (χ4v) is 3.05. The smallest absolute Gasteiger partial charge is 0.244 e. The molecule has 1 saturated heterocycles. The SMILES string of the molecule is CC1(C(=O)Nc2ccc(Oc3ccc(Cl)cn3)c(Cl)c2)CCCCN1. The summed E-state index contributed by atoms with van der Waals surface area (Å²) >= 11 is 12.1. The normalized spacial score (nSPS) is 20.1. The number of hydrogen-bond acceptors (Lipinski definition) is 4. The molecule has 1 aromatic heterocycles. The Bertz CT molecular complexity index is 759. The van der Waals surface area contributed by atoms with Gasteiger partial charge in [-0.05, 0) is 57.0 Å². The van der Waals surface area contributed by atoms with Crippen LogP contribution in [0.2, 0.25) is 10.0 Å². The Morgan fingerprint density at radius 1 is 1.28 bits per heavy atom. The van der Waals surface area contributed by atoms with E-state index in [4.69, 9.17) is 27.9 Å². The van der Waals surface area contributed by atoms with Crippen LogP contribution in [0.5, 0.6) is 11.6 Å². The Hall–Kier alpha value is -1.82. The molecule has 2 N–H and O–H groups in total. The monoisotopic (exact) mass is 379 g/mol. The summed E-state index contributed by atoms with van der Waals surface area (Å²) in [5.74, 6) is 0.787. The second-order valence-corrected chi connectivity index (χ2v) is 7.08. The summed E-state index contributed by atoms with van der Waals surface area (Å²) < 4.78 is 5.63. The quantitative estimate of drug-likeness (QED) is 0.811. The van der Waals surface area contributed by atoms with Crippen molar-refractivity contribution in [2.75, 3.05) is 11.9 Å². The number of ether oxygens (including phenoxy) is 1. The number of amides is 1. The molecule has 1 aliphatic rings. The van der Waals surface area contributed by atoms with E-state index in [2.05, 4.69) is 15.6 Å². The highest BCUT2D eigenvalue weighted by Gasteiger charge is 2.34. The molecule has 2 heterocycles. The predicted octanol–water partition coefficient (Wildman–Crippen LogP) is 4.65. The van der Waals surface area contributed by atoms with Gasteiger partial charge >= 0.3 is 0 Å². The van der Waals surface area contributed by atoms with Crippen molar-refractivity contribution in [3.05, 3.63) is 46.6 Å². The zero-order chi connectivity index (χ0) is 17.9. The van der Waals surface area contributed by atoms with E-state index in [0.717, 1.165) is 25.8 Å². The van der Waals surface area contributed by atoms with Gasteiger partial charge in [0.25, 0.3) is 0 Å². The Kier molecular flexibility index (Phi) is 5.47. The van der Waals surface area contributed by atoms with Gasteiger partial charge in [-0.1, -0.05) is 23.2 Å². The van der Waals surface area contributed by atoms with Gasteiger partial charge in [0.15, 0.2) is 0 Å². The number of aromatic nitrogens is 1. The van der Waals surface area contributed by atoms with Gasteiger partial charge in [0.1, 0.15) is 5.75 Å². The van der Waals surface area contributed by atoms with Gasteiger partial charge < -0.3 is 15.4 Å². The van der Waals surface area contributed by atoms with Crippen LogP contribution in [-0.4, -0.2) is 23.0 Å². The van der Waals surface area contributed by atoms with Crippen molar-refractivity contribution in [1.29, 1.82) is 0 Å². The first-order valence-electron chi connectivity index (χ1n) is 8.12. The van der Waals surface area contributed by atoms with Crippen molar-refractivity contribution in [3.8, 4) is 11.6 Å². The Morgan fingerprint density at radius 3 is 2.76 bits per heavy atom. The number of nitrogens with zero attached hydrogens (tertiary/aromatic N) is 1. The number of nitrogens with one attached hydrogen (secondary N) is 2. The van der Waals surface area contributed by atoms with Crippen molar-refractivity contribution < 1.29 is 9.53 Å². The summed E-state index contributed by atoms with van der Waals surface area (Å²) in [7, 11) is 0. The molecule has 5 nitrogen and oxygen atoms in total.